The van der Waals surface area contributed by atoms with Gasteiger partial charge in [0.05, 0.1) is 13.2 Å². The highest BCUT2D eigenvalue weighted by molar-refractivity contribution is 5.59. The molecule has 0 amide bonds. The molecule has 2 fully saturated rings. The average molecular weight is 697 g/mol. The molecule has 2 N–H and O–H groups in total. The zero-order valence-electron chi connectivity index (χ0n) is 31.4. The standard InChI is InChI=1S/C48H56O4/c1-3-51-47-35-21-31-13-9-6-10-14-32-22-36(48(52-4-2)44(26-32)40-18-17-39(40)43(47)25-31)28-34-20-30-12-8-5-7-11-29-19-33(27-35)45(49)41(23-29)37-15-16-38(37)42(24-30)46(34)50/h19-26,37-40,49-50H,3-18,27-28H2,1-2H3/t37-,38+,39+,40-. The summed E-state index contributed by atoms with van der Waals surface area (Å²) in [6, 6.07) is 19.0. The van der Waals surface area contributed by atoms with Crippen molar-refractivity contribution in [3.05, 3.63) is 115 Å². The van der Waals surface area contributed by atoms with E-state index in [1.807, 2.05) is 0 Å². The van der Waals surface area contributed by atoms with Crippen molar-refractivity contribution in [1.29, 1.82) is 0 Å². The van der Waals surface area contributed by atoms with Gasteiger partial charge in [0.1, 0.15) is 23.0 Å². The quantitative estimate of drug-likeness (QED) is 0.223. The van der Waals surface area contributed by atoms with Crippen molar-refractivity contribution < 1.29 is 19.7 Å². The number of ether oxygens (including phenoxy) is 2. The van der Waals surface area contributed by atoms with E-state index in [0.29, 0.717) is 49.4 Å². The van der Waals surface area contributed by atoms with Crippen molar-refractivity contribution >= 4 is 0 Å². The van der Waals surface area contributed by atoms with Gasteiger partial charge in [-0.1, -0.05) is 61.4 Å². The summed E-state index contributed by atoms with van der Waals surface area (Å²) in [7, 11) is 0. The minimum absolute atomic E-state index is 0.180. The number of fused-ring (bicyclic) bond motifs is 8. The lowest BCUT2D eigenvalue weighted by molar-refractivity contribution is 0.288. The van der Waals surface area contributed by atoms with Gasteiger partial charge in [-0.3, -0.25) is 0 Å². The first kappa shape index (κ1) is 33.9. The molecular weight excluding hydrogens is 641 g/mol. The Morgan fingerprint density at radius 3 is 1.12 bits per heavy atom. The van der Waals surface area contributed by atoms with Crippen LogP contribution in [0.1, 0.15) is 168 Å². The third-order valence-corrected chi connectivity index (χ3v) is 13.4. The first-order valence-electron chi connectivity index (χ1n) is 20.7. The predicted octanol–water partition coefficient (Wildman–Crippen LogP) is 11.3. The third-order valence-electron chi connectivity index (χ3n) is 13.4. The zero-order valence-corrected chi connectivity index (χ0v) is 31.4. The Kier molecular flexibility index (Phi) is 9.21. The molecule has 272 valence electrons. The number of aromatic hydroxyl groups is 2. The van der Waals surface area contributed by atoms with Gasteiger partial charge in [0.2, 0.25) is 0 Å². The van der Waals surface area contributed by atoms with E-state index in [9.17, 15) is 10.2 Å². The van der Waals surface area contributed by atoms with Gasteiger partial charge in [0, 0.05) is 12.8 Å². The lowest BCUT2D eigenvalue weighted by atomic mass is 9.64. The SMILES string of the molecule is CCOc1c2cc3cc1[C@H]1CC[C@H]1c1cc(cc(c1OCC)Cc1cc4cc(c1O)[C@H]1CC[C@H]1c1cc(cc(c1O)C2)CCCCC4)CCCCC3. The van der Waals surface area contributed by atoms with E-state index in [4.69, 9.17) is 9.47 Å². The Hall–Kier alpha value is -3.92. The topological polar surface area (TPSA) is 58.9 Å². The molecule has 0 saturated heterocycles. The van der Waals surface area contributed by atoms with Crippen LogP contribution in [0.2, 0.25) is 0 Å². The lowest BCUT2D eigenvalue weighted by Crippen LogP contribution is -2.25. The largest absolute Gasteiger partial charge is 0.507 e. The van der Waals surface area contributed by atoms with Gasteiger partial charge in [0.15, 0.2) is 0 Å². The molecule has 4 aromatic carbocycles. The summed E-state index contributed by atoms with van der Waals surface area (Å²) in [5.74, 6) is 4.03. The fourth-order valence-electron chi connectivity index (χ4n) is 10.6. The molecular formula is C48H56O4. The van der Waals surface area contributed by atoms with E-state index in [0.717, 1.165) is 117 Å². The second kappa shape index (κ2) is 14.1. The van der Waals surface area contributed by atoms with Gasteiger partial charge < -0.3 is 19.7 Å². The Balaban J connectivity index is 1.34. The molecule has 52 heavy (non-hydrogen) atoms. The van der Waals surface area contributed by atoms with Gasteiger partial charge in [0.25, 0.3) is 0 Å². The molecule has 0 spiro atoms. The molecule has 4 nitrogen and oxygen atoms in total. The van der Waals surface area contributed by atoms with E-state index in [2.05, 4.69) is 62.4 Å². The van der Waals surface area contributed by atoms with Crippen molar-refractivity contribution in [2.24, 2.45) is 0 Å². The summed E-state index contributed by atoms with van der Waals surface area (Å²) >= 11 is 0. The lowest BCUT2D eigenvalue weighted by Gasteiger charge is -2.40. The molecule has 12 bridgehead atoms. The van der Waals surface area contributed by atoms with Crippen LogP contribution in [0.3, 0.4) is 0 Å². The van der Waals surface area contributed by atoms with Crippen LogP contribution in [0.4, 0.5) is 0 Å². The molecule has 9 rings (SSSR count). The molecule has 0 aromatic heterocycles. The molecule has 0 aliphatic heterocycles. The summed E-state index contributed by atoms with van der Waals surface area (Å²) in [6.45, 7) is 5.45. The zero-order chi connectivity index (χ0) is 35.3. The van der Waals surface area contributed by atoms with Crippen LogP contribution in [0.15, 0.2) is 48.5 Å². The molecule has 4 heteroatoms. The summed E-state index contributed by atoms with van der Waals surface area (Å²) < 4.78 is 13.4. The minimum Gasteiger partial charge on any atom is -0.507 e. The summed E-state index contributed by atoms with van der Waals surface area (Å²) in [5.41, 5.74) is 14.8. The Bertz CT molecular complexity index is 1850. The van der Waals surface area contributed by atoms with Crippen LogP contribution in [0.25, 0.3) is 0 Å². The summed E-state index contributed by atoms with van der Waals surface area (Å²) in [5, 5.41) is 24.6. The Labute approximate surface area is 310 Å². The van der Waals surface area contributed by atoms with Gasteiger partial charge in [-0.05, 0) is 181 Å². The van der Waals surface area contributed by atoms with Crippen LogP contribution in [0, 0.1) is 0 Å². The van der Waals surface area contributed by atoms with Crippen molar-refractivity contribution in [3.63, 3.8) is 0 Å². The van der Waals surface area contributed by atoms with Crippen LogP contribution in [-0.4, -0.2) is 23.4 Å². The maximum atomic E-state index is 12.3. The molecule has 0 radical (unpaired) electrons. The maximum Gasteiger partial charge on any atom is 0.126 e. The monoisotopic (exact) mass is 696 g/mol. The van der Waals surface area contributed by atoms with Gasteiger partial charge >= 0.3 is 0 Å². The second-order valence-electron chi connectivity index (χ2n) is 16.7. The van der Waals surface area contributed by atoms with Crippen molar-refractivity contribution in [1.82, 2.24) is 0 Å². The molecule has 2 saturated carbocycles. The maximum absolute atomic E-state index is 12.3. The van der Waals surface area contributed by atoms with Crippen molar-refractivity contribution in [2.75, 3.05) is 13.2 Å². The second-order valence-corrected chi connectivity index (χ2v) is 16.7. The smallest absolute Gasteiger partial charge is 0.126 e. The van der Waals surface area contributed by atoms with E-state index >= 15 is 0 Å². The Morgan fingerprint density at radius 1 is 0.442 bits per heavy atom. The van der Waals surface area contributed by atoms with E-state index in [1.54, 1.807) is 0 Å². The minimum atomic E-state index is 0.180. The number of hydrogen-bond donors (Lipinski definition) is 2. The molecule has 4 atom stereocenters. The number of hydrogen-bond acceptors (Lipinski definition) is 4. The molecule has 0 heterocycles. The van der Waals surface area contributed by atoms with E-state index in [1.165, 1.54) is 50.9 Å². The number of phenolic OH excluding ortho intramolecular Hbond substituents is 2. The third kappa shape index (κ3) is 6.08. The molecule has 5 aliphatic rings. The number of aryl methyl sites for hydroxylation is 4. The normalized spacial score (nSPS) is 23.4. The van der Waals surface area contributed by atoms with E-state index in [-0.39, 0.29) is 11.8 Å². The van der Waals surface area contributed by atoms with Gasteiger partial charge in [-0.2, -0.15) is 0 Å². The highest BCUT2D eigenvalue weighted by Crippen LogP contribution is 2.57. The van der Waals surface area contributed by atoms with Crippen molar-refractivity contribution in [2.45, 2.75) is 140 Å². The number of phenols is 2. The van der Waals surface area contributed by atoms with Gasteiger partial charge in [-0.15, -0.1) is 0 Å². The first-order chi connectivity index (χ1) is 25.5. The van der Waals surface area contributed by atoms with Crippen molar-refractivity contribution in [3.8, 4) is 23.0 Å². The first-order valence-corrected chi connectivity index (χ1v) is 20.7. The number of benzene rings is 4. The highest BCUT2D eigenvalue weighted by atomic mass is 16.5. The molecule has 0 unspecified atom stereocenters. The average Bonchev–Trinajstić information content (AvgIpc) is 3.10. The number of rotatable bonds is 4. The fraction of sp³-hybridized carbons (Fsp3) is 0.500. The predicted molar refractivity (Wildman–Crippen MR) is 209 cm³/mol. The molecule has 4 aromatic rings. The van der Waals surface area contributed by atoms with Crippen LogP contribution in [0.5, 0.6) is 23.0 Å². The summed E-state index contributed by atoms with van der Waals surface area (Å²) in [6.07, 6.45) is 16.7. The van der Waals surface area contributed by atoms with E-state index < -0.39 is 0 Å². The van der Waals surface area contributed by atoms with Crippen LogP contribution in [-0.2, 0) is 38.5 Å². The summed E-state index contributed by atoms with van der Waals surface area (Å²) in [4.78, 5) is 0. The Morgan fingerprint density at radius 2 is 0.769 bits per heavy atom. The highest BCUT2D eigenvalue weighted by Gasteiger charge is 2.40. The van der Waals surface area contributed by atoms with Gasteiger partial charge in [-0.25, -0.2) is 0 Å². The van der Waals surface area contributed by atoms with Crippen LogP contribution < -0.4 is 9.47 Å². The molecule has 5 aliphatic carbocycles. The fourth-order valence-corrected chi connectivity index (χ4v) is 10.6. The van der Waals surface area contributed by atoms with Crippen LogP contribution >= 0.6 is 0 Å².